The van der Waals surface area contributed by atoms with Crippen LogP contribution in [0.25, 0.3) is 6.08 Å². The van der Waals surface area contributed by atoms with Crippen molar-refractivity contribution in [3.05, 3.63) is 45.7 Å². The molecule has 1 aromatic heterocycles. The Kier molecular flexibility index (Phi) is 6.18. The summed E-state index contributed by atoms with van der Waals surface area (Å²) >= 11 is 12.4. The number of benzene rings is 1. The molecule has 0 amide bonds. The van der Waals surface area contributed by atoms with Crippen molar-refractivity contribution in [3.63, 3.8) is 0 Å². The number of aromatic nitrogens is 4. The first-order valence-electron chi connectivity index (χ1n) is 9.74. The van der Waals surface area contributed by atoms with Crippen LogP contribution in [0.15, 0.2) is 24.3 Å². The molecule has 5 nitrogen and oxygen atoms in total. The van der Waals surface area contributed by atoms with E-state index in [0.717, 1.165) is 24.2 Å². The summed E-state index contributed by atoms with van der Waals surface area (Å²) in [5, 5.41) is 14.3. The molecule has 1 heterocycles. The molecule has 2 aromatic rings. The Morgan fingerprint density at radius 3 is 2.43 bits per heavy atom. The Bertz CT molecular complexity index is 845. The third kappa shape index (κ3) is 4.12. The lowest BCUT2D eigenvalue weighted by Crippen LogP contribution is -2.42. The molecule has 3 rings (SSSR count). The topological polar surface area (TPSA) is 46.8 Å². The zero-order chi connectivity index (χ0) is 20.5. The van der Waals surface area contributed by atoms with Gasteiger partial charge in [-0.05, 0) is 60.5 Å². The number of allylic oxidation sites excluding steroid dienone is 1. The third-order valence-corrected chi connectivity index (χ3v) is 6.33. The largest absolute Gasteiger partial charge is 0.297 e. The average Bonchev–Trinajstić information content (AvgIpc) is 3.25. The zero-order valence-electron chi connectivity index (χ0n) is 17.3. The van der Waals surface area contributed by atoms with Crippen LogP contribution in [0, 0.1) is 5.41 Å². The minimum absolute atomic E-state index is 0.0123. The molecule has 0 spiro atoms. The summed E-state index contributed by atoms with van der Waals surface area (Å²) < 4.78 is 2.01. The Balaban J connectivity index is 2.03. The SMILES string of the molecule is CN(C)C1(c2nnnn2[C@H](/C=C\c2ccc(Cl)cc2Cl)C(C)(C)C)CCCC1. The van der Waals surface area contributed by atoms with E-state index in [2.05, 4.69) is 61.4 Å². The molecule has 0 saturated heterocycles. The van der Waals surface area contributed by atoms with Gasteiger partial charge < -0.3 is 0 Å². The molecule has 0 radical (unpaired) electrons. The predicted molar refractivity (Wildman–Crippen MR) is 116 cm³/mol. The summed E-state index contributed by atoms with van der Waals surface area (Å²) in [7, 11) is 4.25. The molecular weight excluding hydrogens is 393 g/mol. The molecule has 1 fully saturated rings. The Morgan fingerprint density at radius 2 is 1.86 bits per heavy atom. The van der Waals surface area contributed by atoms with E-state index in [0.29, 0.717) is 10.0 Å². The molecule has 0 N–H and O–H groups in total. The van der Waals surface area contributed by atoms with Crippen molar-refractivity contribution in [1.29, 1.82) is 0 Å². The maximum Gasteiger partial charge on any atom is 0.172 e. The van der Waals surface area contributed by atoms with Gasteiger partial charge in [0, 0.05) is 10.0 Å². The predicted octanol–water partition coefficient (Wildman–Crippen LogP) is 5.61. The van der Waals surface area contributed by atoms with Gasteiger partial charge in [-0.3, -0.25) is 4.90 Å². The van der Waals surface area contributed by atoms with Gasteiger partial charge in [0.25, 0.3) is 0 Å². The van der Waals surface area contributed by atoms with Crippen LogP contribution >= 0.6 is 23.2 Å². The third-order valence-electron chi connectivity index (χ3n) is 5.77. The normalized spacial score (nSPS) is 18.3. The van der Waals surface area contributed by atoms with Crippen molar-refractivity contribution in [2.45, 2.75) is 58.0 Å². The maximum absolute atomic E-state index is 6.36. The highest BCUT2D eigenvalue weighted by Crippen LogP contribution is 2.43. The van der Waals surface area contributed by atoms with E-state index in [1.165, 1.54) is 12.8 Å². The van der Waals surface area contributed by atoms with Crippen LogP contribution in [0.5, 0.6) is 0 Å². The van der Waals surface area contributed by atoms with Gasteiger partial charge in [-0.1, -0.05) is 75.0 Å². The number of tetrazole rings is 1. The summed E-state index contributed by atoms with van der Waals surface area (Å²) in [6.07, 6.45) is 8.72. The lowest BCUT2D eigenvalue weighted by Gasteiger charge is -2.37. The van der Waals surface area contributed by atoms with E-state index < -0.39 is 0 Å². The Labute approximate surface area is 177 Å². The molecule has 0 unspecified atom stereocenters. The van der Waals surface area contributed by atoms with E-state index >= 15 is 0 Å². The second-order valence-corrected chi connectivity index (χ2v) is 9.76. The first kappa shape index (κ1) is 21.3. The second kappa shape index (κ2) is 8.13. The van der Waals surface area contributed by atoms with Gasteiger partial charge in [-0.2, -0.15) is 0 Å². The summed E-state index contributed by atoms with van der Waals surface area (Å²) in [5.41, 5.74) is 0.739. The monoisotopic (exact) mass is 421 g/mol. The van der Waals surface area contributed by atoms with Gasteiger partial charge in [0.15, 0.2) is 5.82 Å². The molecule has 0 bridgehead atoms. The van der Waals surface area contributed by atoms with Crippen molar-refractivity contribution in [3.8, 4) is 0 Å². The summed E-state index contributed by atoms with van der Waals surface area (Å²) in [6.45, 7) is 6.61. The molecule has 0 aliphatic heterocycles. The molecule has 1 aliphatic rings. The fourth-order valence-electron chi connectivity index (χ4n) is 4.09. The Morgan fingerprint density at radius 1 is 1.18 bits per heavy atom. The Hall–Kier alpha value is -1.43. The minimum atomic E-state index is -0.112. The van der Waals surface area contributed by atoms with Gasteiger partial charge in [0.2, 0.25) is 0 Å². The average molecular weight is 422 g/mol. The van der Waals surface area contributed by atoms with Crippen molar-refractivity contribution in [1.82, 2.24) is 25.1 Å². The van der Waals surface area contributed by atoms with Crippen LogP contribution in [-0.2, 0) is 5.54 Å². The first-order chi connectivity index (χ1) is 13.1. The van der Waals surface area contributed by atoms with Gasteiger partial charge in [-0.25, -0.2) is 4.68 Å². The number of rotatable bonds is 5. The van der Waals surface area contributed by atoms with Gasteiger partial charge in [0.1, 0.15) is 0 Å². The van der Waals surface area contributed by atoms with Crippen LogP contribution in [0.3, 0.4) is 0 Å². The van der Waals surface area contributed by atoms with E-state index in [-0.39, 0.29) is 17.0 Å². The number of halogens is 2. The summed E-state index contributed by atoms with van der Waals surface area (Å²) in [4.78, 5) is 2.28. The van der Waals surface area contributed by atoms with Gasteiger partial charge in [-0.15, -0.1) is 5.10 Å². The molecule has 1 aliphatic carbocycles. The highest BCUT2D eigenvalue weighted by Gasteiger charge is 2.44. The standard InChI is InChI=1S/C21H29Cl2N5/c1-20(2,3)18(11-9-15-8-10-16(22)14-17(15)23)28-19(24-25-26-28)21(27(4)5)12-6-7-13-21/h8-11,14,18H,6-7,12-13H2,1-5H3/b11-9-/t18-/m1/s1. The lowest BCUT2D eigenvalue weighted by atomic mass is 9.85. The molecule has 1 atom stereocenters. The van der Waals surface area contributed by atoms with Crippen LogP contribution < -0.4 is 0 Å². The van der Waals surface area contributed by atoms with E-state index in [1.807, 2.05) is 22.9 Å². The van der Waals surface area contributed by atoms with Crippen molar-refractivity contribution in [2.75, 3.05) is 14.1 Å². The zero-order valence-corrected chi connectivity index (χ0v) is 18.8. The van der Waals surface area contributed by atoms with Crippen molar-refractivity contribution >= 4 is 29.3 Å². The fourth-order valence-corrected chi connectivity index (χ4v) is 4.56. The summed E-state index contributed by atoms with van der Waals surface area (Å²) in [5.74, 6) is 0.946. The number of hydrogen-bond acceptors (Lipinski definition) is 4. The van der Waals surface area contributed by atoms with Crippen LogP contribution in [-0.4, -0.2) is 39.2 Å². The van der Waals surface area contributed by atoms with E-state index in [1.54, 1.807) is 6.07 Å². The maximum atomic E-state index is 6.36. The second-order valence-electron chi connectivity index (χ2n) is 8.92. The quantitative estimate of drug-likeness (QED) is 0.628. The number of nitrogens with zero attached hydrogens (tertiary/aromatic N) is 5. The molecule has 7 heteroatoms. The van der Waals surface area contributed by atoms with Crippen LogP contribution in [0.1, 0.15) is 63.9 Å². The highest BCUT2D eigenvalue weighted by atomic mass is 35.5. The van der Waals surface area contributed by atoms with E-state index in [9.17, 15) is 0 Å². The first-order valence-corrected chi connectivity index (χ1v) is 10.5. The molecule has 28 heavy (non-hydrogen) atoms. The smallest absolute Gasteiger partial charge is 0.172 e. The van der Waals surface area contributed by atoms with Gasteiger partial charge >= 0.3 is 0 Å². The van der Waals surface area contributed by atoms with Gasteiger partial charge in [0.05, 0.1) is 11.6 Å². The molecule has 152 valence electrons. The summed E-state index contributed by atoms with van der Waals surface area (Å²) in [6, 6.07) is 5.53. The van der Waals surface area contributed by atoms with Crippen molar-refractivity contribution < 1.29 is 0 Å². The number of hydrogen-bond donors (Lipinski definition) is 0. The molecule has 1 aromatic carbocycles. The van der Waals surface area contributed by atoms with Crippen LogP contribution in [0.4, 0.5) is 0 Å². The minimum Gasteiger partial charge on any atom is -0.297 e. The lowest BCUT2D eigenvalue weighted by molar-refractivity contribution is 0.130. The highest BCUT2D eigenvalue weighted by molar-refractivity contribution is 6.35. The molecule has 1 saturated carbocycles. The van der Waals surface area contributed by atoms with Crippen LogP contribution in [0.2, 0.25) is 10.0 Å². The van der Waals surface area contributed by atoms with Crippen molar-refractivity contribution in [2.24, 2.45) is 5.41 Å². The molecular formula is C21H29Cl2N5. The fraction of sp³-hybridized carbons (Fsp3) is 0.571. The van der Waals surface area contributed by atoms with E-state index in [4.69, 9.17) is 23.2 Å².